The van der Waals surface area contributed by atoms with Crippen LogP contribution in [0.3, 0.4) is 0 Å². The first-order chi connectivity index (χ1) is 9.65. The van der Waals surface area contributed by atoms with E-state index in [1.165, 1.54) is 6.07 Å². The summed E-state index contributed by atoms with van der Waals surface area (Å²) < 4.78 is 27.2. The summed E-state index contributed by atoms with van der Waals surface area (Å²) in [6.07, 6.45) is 0.661. The lowest BCUT2D eigenvalue weighted by Crippen LogP contribution is -2.46. The molecule has 0 spiro atoms. The zero-order valence-electron chi connectivity index (χ0n) is 11.7. The van der Waals surface area contributed by atoms with Crippen molar-refractivity contribution in [2.24, 2.45) is 0 Å². The number of non-ortho nitro benzene ring substituents is 1. The van der Waals surface area contributed by atoms with Crippen molar-refractivity contribution < 1.29 is 18.4 Å². The third kappa shape index (κ3) is 4.37. The first kappa shape index (κ1) is 17.8. The van der Waals surface area contributed by atoms with E-state index in [4.69, 9.17) is 16.7 Å². The van der Waals surface area contributed by atoms with Crippen LogP contribution in [0.5, 0.6) is 0 Å². The fraction of sp³-hybridized carbons (Fsp3) is 0.500. The molecule has 21 heavy (non-hydrogen) atoms. The predicted octanol–water partition coefficient (Wildman–Crippen LogP) is 2.08. The van der Waals surface area contributed by atoms with Gasteiger partial charge in [0.1, 0.15) is 4.90 Å². The number of nitrogens with zero attached hydrogens (tertiary/aromatic N) is 1. The third-order valence-corrected chi connectivity index (χ3v) is 5.36. The highest BCUT2D eigenvalue weighted by molar-refractivity contribution is 7.89. The maximum Gasteiger partial charge on any atom is 0.270 e. The number of nitro benzene ring substituents is 1. The predicted molar refractivity (Wildman–Crippen MR) is 78.8 cm³/mol. The molecule has 0 radical (unpaired) electrons. The number of halogens is 1. The van der Waals surface area contributed by atoms with Gasteiger partial charge in [-0.15, -0.1) is 0 Å². The van der Waals surface area contributed by atoms with Crippen LogP contribution in [-0.2, 0) is 10.0 Å². The molecule has 0 aliphatic rings. The summed E-state index contributed by atoms with van der Waals surface area (Å²) in [5.41, 5.74) is -1.22. The van der Waals surface area contributed by atoms with Crippen LogP contribution < -0.4 is 4.72 Å². The molecular formula is C12H17ClN2O5S. The van der Waals surface area contributed by atoms with Gasteiger partial charge in [0.05, 0.1) is 9.95 Å². The Kier molecular flexibility index (Phi) is 5.68. The number of sulfonamides is 1. The zero-order valence-corrected chi connectivity index (χ0v) is 13.2. The molecular weight excluding hydrogens is 320 g/mol. The van der Waals surface area contributed by atoms with Gasteiger partial charge in [-0.3, -0.25) is 10.1 Å². The van der Waals surface area contributed by atoms with Gasteiger partial charge in [0, 0.05) is 24.3 Å². The van der Waals surface area contributed by atoms with Gasteiger partial charge in [-0.2, -0.15) is 0 Å². The Hall–Kier alpha value is -1.22. The molecule has 1 unspecified atom stereocenters. The van der Waals surface area contributed by atoms with Crippen LogP contribution in [0.1, 0.15) is 26.7 Å². The van der Waals surface area contributed by atoms with Gasteiger partial charge in [0.25, 0.3) is 5.69 Å². The van der Waals surface area contributed by atoms with Gasteiger partial charge < -0.3 is 5.11 Å². The minimum atomic E-state index is -4.04. The van der Waals surface area contributed by atoms with E-state index in [1.54, 1.807) is 13.8 Å². The lowest BCUT2D eigenvalue weighted by atomic mass is 9.97. The second-order valence-corrected chi connectivity index (χ2v) is 6.92. The van der Waals surface area contributed by atoms with Crippen molar-refractivity contribution in [2.45, 2.75) is 37.1 Å². The van der Waals surface area contributed by atoms with Crippen LogP contribution in [0.15, 0.2) is 23.1 Å². The Morgan fingerprint density at radius 2 is 2.10 bits per heavy atom. The summed E-state index contributed by atoms with van der Waals surface area (Å²) >= 11 is 5.84. The molecule has 0 saturated carbocycles. The molecule has 0 bridgehead atoms. The van der Waals surface area contributed by atoms with Gasteiger partial charge in [-0.1, -0.05) is 18.5 Å². The highest BCUT2D eigenvalue weighted by Crippen LogP contribution is 2.28. The number of aliphatic hydroxyl groups excluding tert-OH is 1. The molecule has 9 heteroatoms. The van der Waals surface area contributed by atoms with Crippen molar-refractivity contribution in [2.75, 3.05) is 6.61 Å². The SMILES string of the molecule is CCC(C)(CCO)NS(=O)(=O)c1cc([N+](=O)[O-])ccc1Cl. The Balaban J connectivity index is 3.25. The van der Waals surface area contributed by atoms with Crippen molar-refractivity contribution in [3.63, 3.8) is 0 Å². The summed E-state index contributed by atoms with van der Waals surface area (Å²) in [4.78, 5) is 9.71. The maximum absolute atomic E-state index is 12.4. The molecule has 0 aromatic heterocycles. The minimum absolute atomic E-state index is 0.101. The van der Waals surface area contributed by atoms with Crippen molar-refractivity contribution >= 4 is 27.3 Å². The average molecular weight is 337 g/mol. The van der Waals surface area contributed by atoms with Gasteiger partial charge in [0.15, 0.2) is 0 Å². The molecule has 7 nitrogen and oxygen atoms in total. The summed E-state index contributed by atoms with van der Waals surface area (Å²) in [5, 5.41) is 19.7. The number of hydrogen-bond donors (Lipinski definition) is 2. The smallest absolute Gasteiger partial charge is 0.270 e. The van der Waals surface area contributed by atoms with Crippen LogP contribution in [0.2, 0.25) is 5.02 Å². The zero-order chi connectivity index (χ0) is 16.3. The molecule has 2 N–H and O–H groups in total. The molecule has 118 valence electrons. The fourth-order valence-electron chi connectivity index (χ4n) is 1.74. The summed E-state index contributed by atoms with van der Waals surface area (Å²) in [7, 11) is -4.04. The first-order valence-electron chi connectivity index (χ1n) is 6.24. The molecule has 1 rings (SSSR count). The van der Waals surface area contributed by atoms with E-state index in [0.717, 1.165) is 12.1 Å². The van der Waals surface area contributed by atoms with Crippen LogP contribution >= 0.6 is 11.6 Å². The first-order valence-corrected chi connectivity index (χ1v) is 8.10. The van der Waals surface area contributed by atoms with Crippen molar-refractivity contribution in [3.05, 3.63) is 33.3 Å². The van der Waals surface area contributed by atoms with Crippen molar-refractivity contribution in [1.29, 1.82) is 0 Å². The molecule has 0 aliphatic heterocycles. The van der Waals surface area contributed by atoms with Crippen molar-refractivity contribution in [3.8, 4) is 0 Å². The van der Waals surface area contributed by atoms with Crippen LogP contribution in [0.4, 0.5) is 5.69 Å². The number of hydrogen-bond acceptors (Lipinski definition) is 5. The summed E-state index contributed by atoms with van der Waals surface area (Å²) in [5.74, 6) is 0. The second kappa shape index (κ2) is 6.69. The molecule has 1 aromatic rings. The van der Waals surface area contributed by atoms with Crippen LogP contribution in [0.25, 0.3) is 0 Å². The minimum Gasteiger partial charge on any atom is -0.396 e. The van der Waals surface area contributed by atoms with Gasteiger partial charge in [-0.05, 0) is 25.8 Å². The lowest BCUT2D eigenvalue weighted by Gasteiger charge is -2.28. The standard InChI is InChI=1S/C12H17ClN2O5S/c1-3-12(2,6-7-16)14-21(19,20)11-8-9(15(17)18)4-5-10(11)13/h4-5,8,14,16H,3,6-7H2,1-2H3. The maximum atomic E-state index is 12.4. The van der Waals surface area contributed by atoms with Gasteiger partial charge in [0.2, 0.25) is 10.0 Å². The average Bonchev–Trinajstić information content (AvgIpc) is 2.38. The molecule has 0 saturated heterocycles. The summed E-state index contributed by atoms with van der Waals surface area (Å²) in [6.45, 7) is 3.23. The number of aliphatic hydroxyl groups is 1. The lowest BCUT2D eigenvalue weighted by molar-refractivity contribution is -0.385. The number of rotatable bonds is 7. The highest BCUT2D eigenvalue weighted by Gasteiger charge is 2.30. The fourth-order valence-corrected chi connectivity index (χ4v) is 3.77. The van der Waals surface area contributed by atoms with E-state index >= 15 is 0 Å². The quantitative estimate of drug-likeness (QED) is 0.585. The van der Waals surface area contributed by atoms with E-state index in [-0.39, 0.29) is 28.6 Å². The Morgan fingerprint density at radius 1 is 1.48 bits per heavy atom. The molecule has 1 aromatic carbocycles. The number of nitro groups is 1. The number of benzene rings is 1. The van der Waals surface area contributed by atoms with Crippen LogP contribution in [-0.4, -0.2) is 30.6 Å². The molecule has 0 fully saturated rings. The summed E-state index contributed by atoms with van der Waals surface area (Å²) in [6, 6.07) is 3.22. The monoisotopic (exact) mass is 336 g/mol. The molecule has 0 aliphatic carbocycles. The van der Waals surface area contributed by atoms with E-state index in [1.807, 2.05) is 0 Å². The van der Waals surface area contributed by atoms with E-state index < -0.39 is 20.5 Å². The third-order valence-electron chi connectivity index (χ3n) is 3.24. The topological polar surface area (TPSA) is 110 Å². The molecule has 1 atom stereocenters. The molecule has 0 heterocycles. The van der Waals surface area contributed by atoms with E-state index in [0.29, 0.717) is 6.42 Å². The largest absolute Gasteiger partial charge is 0.396 e. The van der Waals surface area contributed by atoms with Crippen LogP contribution in [0, 0.1) is 10.1 Å². The van der Waals surface area contributed by atoms with E-state index in [2.05, 4.69) is 4.72 Å². The second-order valence-electron chi connectivity index (χ2n) is 4.87. The highest BCUT2D eigenvalue weighted by atomic mass is 35.5. The Labute approximate surface area is 128 Å². The van der Waals surface area contributed by atoms with Crippen molar-refractivity contribution in [1.82, 2.24) is 4.72 Å². The van der Waals surface area contributed by atoms with E-state index in [9.17, 15) is 18.5 Å². The van der Waals surface area contributed by atoms with Gasteiger partial charge in [-0.25, -0.2) is 13.1 Å². The normalized spacial score (nSPS) is 14.7. The molecule has 0 amide bonds. The van der Waals surface area contributed by atoms with Gasteiger partial charge >= 0.3 is 0 Å². The number of nitrogens with one attached hydrogen (secondary N) is 1. The Morgan fingerprint density at radius 3 is 2.57 bits per heavy atom. The Bertz CT molecular complexity index is 635.